The summed E-state index contributed by atoms with van der Waals surface area (Å²) < 4.78 is 5.50. The van der Waals surface area contributed by atoms with Crippen molar-refractivity contribution in [3.05, 3.63) is 0 Å². The summed E-state index contributed by atoms with van der Waals surface area (Å²) in [4.78, 5) is 14.1. The fourth-order valence-electron chi connectivity index (χ4n) is 2.28. The summed E-state index contributed by atoms with van der Waals surface area (Å²) in [5.74, 6) is 0.608. The Labute approximate surface area is 111 Å². The first-order valence-corrected chi connectivity index (χ1v) is 7.11. The second-order valence-electron chi connectivity index (χ2n) is 5.72. The van der Waals surface area contributed by atoms with Crippen molar-refractivity contribution in [3.63, 3.8) is 0 Å². The van der Waals surface area contributed by atoms with Gasteiger partial charge in [-0.05, 0) is 39.5 Å². The smallest absolute Gasteiger partial charge is 0.241 e. The van der Waals surface area contributed by atoms with E-state index in [2.05, 4.69) is 26.1 Å². The molecule has 1 amide bonds. The molecule has 1 aliphatic rings. The van der Waals surface area contributed by atoms with Crippen LogP contribution in [0.25, 0.3) is 0 Å². The molecule has 0 aromatic heterocycles. The molecule has 2 unspecified atom stereocenters. The van der Waals surface area contributed by atoms with Crippen LogP contribution in [0.4, 0.5) is 0 Å². The third-order valence-electron chi connectivity index (χ3n) is 3.35. The van der Waals surface area contributed by atoms with Crippen molar-refractivity contribution in [2.24, 2.45) is 5.92 Å². The molecular weight excluding hydrogens is 228 g/mol. The topological polar surface area (TPSA) is 41.6 Å². The Morgan fingerprint density at radius 1 is 1.28 bits per heavy atom. The first-order chi connectivity index (χ1) is 8.43. The Morgan fingerprint density at radius 3 is 2.44 bits per heavy atom. The van der Waals surface area contributed by atoms with Crippen molar-refractivity contribution >= 4 is 5.91 Å². The van der Waals surface area contributed by atoms with Gasteiger partial charge in [0.15, 0.2) is 0 Å². The SMILES string of the molecule is CC(C)OCCCCN1C(=O)C(C(C)C)NC1C. The molecule has 1 heterocycles. The van der Waals surface area contributed by atoms with Crippen molar-refractivity contribution in [2.45, 2.75) is 65.8 Å². The number of amides is 1. The van der Waals surface area contributed by atoms with E-state index >= 15 is 0 Å². The lowest BCUT2D eigenvalue weighted by Crippen LogP contribution is -2.35. The quantitative estimate of drug-likeness (QED) is 0.708. The van der Waals surface area contributed by atoms with Crippen LogP contribution < -0.4 is 5.32 Å². The molecule has 0 bridgehead atoms. The van der Waals surface area contributed by atoms with E-state index in [-0.39, 0.29) is 18.1 Å². The molecule has 1 fully saturated rings. The summed E-state index contributed by atoms with van der Waals surface area (Å²) >= 11 is 0. The first-order valence-electron chi connectivity index (χ1n) is 7.11. The molecule has 0 aromatic carbocycles. The molecule has 106 valence electrons. The molecule has 4 heteroatoms. The van der Waals surface area contributed by atoms with E-state index in [1.807, 2.05) is 18.7 Å². The molecule has 1 N–H and O–H groups in total. The number of carbonyl (C=O) groups is 1. The van der Waals surface area contributed by atoms with Gasteiger partial charge in [-0.1, -0.05) is 13.8 Å². The van der Waals surface area contributed by atoms with Crippen LogP contribution in [0.1, 0.15) is 47.5 Å². The molecule has 18 heavy (non-hydrogen) atoms. The van der Waals surface area contributed by atoms with E-state index in [0.29, 0.717) is 12.0 Å². The minimum Gasteiger partial charge on any atom is -0.379 e. The van der Waals surface area contributed by atoms with Crippen molar-refractivity contribution in [3.8, 4) is 0 Å². The standard InChI is InChI=1S/C14H28N2O2/c1-10(2)13-14(17)16(12(5)15-13)8-6-7-9-18-11(3)4/h10-13,15H,6-9H2,1-5H3. The number of nitrogens with one attached hydrogen (secondary N) is 1. The minimum absolute atomic E-state index is 0.00749. The van der Waals surface area contributed by atoms with Crippen LogP contribution >= 0.6 is 0 Å². The van der Waals surface area contributed by atoms with Gasteiger partial charge in [-0.25, -0.2) is 0 Å². The molecule has 0 saturated carbocycles. The van der Waals surface area contributed by atoms with Gasteiger partial charge in [0, 0.05) is 13.2 Å². The van der Waals surface area contributed by atoms with Crippen molar-refractivity contribution in [1.29, 1.82) is 0 Å². The number of rotatable bonds is 7. The Balaban J connectivity index is 2.27. The Hall–Kier alpha value is -0.610. The maximum atomic E-state index is 12.2. The molecule has 1 saturated heterocycles. The van der Waals surface area contributed by atoms with Gasteiger partial charge in [0.05, 0.1) is 18.3 Å². The zero-order chi connectivity index (χ0) is 13.7. The lowest BCUT2D eigenvalue weighted by Gasteiger charge is -2.20. The number of ether oxygens (including phenoxy) is 1. The van der Waals surface area contributed by atoms with Crippen LogP contribution in [0.2, 0.25) is 0 Å². The summed E-state index contributed by atoms with van der Waals surface area (Å²) in [6.45, 7) is 11.9. The number of unbranched alkanes of at least 4 members (excludes halogenated alkanes) is 1. The average Bonchev–Trinajstić information content (AvgIpc) is 2.55. The highest BCUT2D eigenvalue weighted by Crippen LogP contribution is 2.17. The van der Waals surface area contributed by atoms with Gasteiger partial charge in [0.25, 0.3) is 0 Å². The van der Waals surface area contributed by atoms with Gasteiger partial charge in [0.2, 0.25) is 5.91 Å². The lowest BCUT2D eigenvalue weighted by molar-refractivity contribution is -0.130. The fourth-order valence-corrected chi connectivity index (χ4v) is 2.28. The van der Waals surface area contributed by atoms with Crippen molar-refractivity contribution < 1.29 is 9.53 Å². The van der Waals surface area contributed by atoms with Crippen molar-refractivity contribution in [2.75, 3.05) is 13.2 Å². The van der Waals surface area contributed by atoms with Crippen LogP contribution in [-0.2, 0) is 9.53 Å². The average molecular weight is 256 g/mol. The number of carbonyl (C=O) groups excluding carboxylic acids is 1. The van der Waals surface area contributed by atoms with Crippen LogP contribution in [-0.4, -0.2) is 42.3 Å². The predicted octanol–water partition coefficient (Wildman–Crippen LogP) is 1.99. The van der Waals surface area contributed by atoms with E-state index in [0.717, 1.165) is 26.0 Å². The van der Waals surface area contributed by atoms with Crippen LogP contribution in [0.3, 0.4) is 0 Å². The normalized spacial score (nSPS) is 24.6. The highest BCUT2D eigenvalue weighted by molar-refractivity contribution is 5.84. The summed E-state index contributed by atoms with van der Waals surface area (Å²) in [5.41, 5.74) is 0. The summed E-state index contributed by atoms with van der Waals surface area (Å²) in [5, 5.41) is 3.36. The first kappa shape index (κ1) is 15.4. The molecule has 2 atom stereocenters. The van der Waals surface area contributed by atoms with Gasteiger partial charge < -0.3 is 9.64 Å². The summed E-state index contributed by atoms with van der Waals surface area (Å²) in [7, 11) is 0. The zero-order valence-electron chi connectivity index (χ0n) is 12.4. The second kappa shape index (κ2) is 7.10. The van der Waals surface area contributed by atoms with Gasteiger partial charge in [-0.2, -0.15) is 0 Å². The maximum Gasteiger partial charge on any atom is 0.241 e. The summed E-state index contributed by atoms with van der Waals surface area (Å²) in [6.07, 6.45) is 2.48. The molecule has 0 spiro atoms. The van der Waals surface area contributed by atoms with Gasteiger partial charge in [-0.3, -0.25) is 10.1 Å². The molecule has 4 nitrogen and oxygen atoms in total. The predicted molar refractivity (Wildman–Crippen MR) is 73.3 cm³/mol. The van der Waals surface area contributed by atoms with E-state index in [9.17, 15) is 4.79 Å². The molecular formula is C14H28N2O2. The van der Waals surface area contributed by atoms with E-state index in [1.54, 1.807) is 0 Å². The third-order valence-corrected chi connectivity index (χ3v) is 3.35. The van der Waals surface area contributed by atoms with E-state index < -0.39 is 0 Å². The highest BCUT2D eigenvalue weighted by Gasteiger charge is 2.37. The molecule has 1 rings (SSSR count). The zero-order valence-corrected chi connectivity index (χ0v) is 12.4. The van der Waals surface area contributed by atoms with Gasteiger partial charge >= 0.3 is 0 Å². The molecule has 0 aliphatic carbocycles. The van der Waals surface area contributed by atoms with Crippen molar-refractivity contribution in [1.82, 2.24) is 10.2 Å². The van der Waals surface area contributed by atoms with Crippen LogP contribution in [0.5, 0.6) is 0 Å². The second-order valence-corrected chi connectivity index (χ2v) is 5.72. The Morgan fingerprint density at radius 2 is 1.94 bits per heavy atom. The summed E-state index contributed by atoms with van der Waals surface area (Å²) in [6, 6.07) is -0.00749. The number of nitrogens with zero attached hydrogens (tertiary/aromatic N) is 1. The molecule has 1 aliphatic heterocycles. The molecule has 0 radical (unpaired) electrons. The van der Waals surface area contributed by atoms with E-state index in [4.69, 9.17) is 4.74 Å². The highest BCUT2D eigenvalue weighted by atomic mass is 16.5. The number of hydrogen-bond acceptors (Lipinski definition) is 3. The molecule has 0 aromatic rings. The number of hydrogen-bond donors (Lipinski definition) is 1. The Bertz CT molecular complexity index is 267. The lowest BCUT2D eigenvalue weighted by atomic mass is 10.1. The van der Waals surface area contributed by atoms with E-state index in [1.165, 1.54) is 0 Å². The van der Waals surface area contributed by atoms with Crippen LogP contribution in [0, 0.1) is 5.92 Å². The Kier molecular flexibility index (Phi) is 6.09. The third kappa shape index (κ3) is 4.25. The minimum atomic E-state index is -0.00749. The largest absolute Gasteiger partial charge is 0.379 e. The van der Waals surface area contributed by atoms with Gasteiger partial charge in [0.1, 0.15) is 0 Å². The fraction of sp³-hybridized carbons (Fsp3) is 0.929. The van der Waals surface area contributed by atoms with Gasteiger partial charge in [-0.15, -0.1) is 0 Å². The monoisotopic (exact) mass is 256 g/mol. The maximum absolute atomic E-state index is 12.2. The van der Waals surface area contributed by atoms with Crippen LogP contribution in [0.15, 0.2) is 0 Å².